The molecule has 194 valence electrons. The second-order valence-electron chi connectivity index (χ2n) is 8.48. The number of benzene rings is 1. The number of carbonyl (C=O) groups excluding carboxylic acids is 3. The minimum atomic E-state index is -1.16. The first kappa shape index (κ1) is 25.0. The number of phenolic OH excluding ortho intramolecular Hbond substituents is 1. The molecule has 0 aliphatic carbocycles. The van der Waals surface area contributed by atoms with Crippen LogP contribution in [0.1, 0.15) is 38.4 Å². The molecule has 1 fully saturated rings. The number of hydrogen-bond donors (Lipinski definition) is 2. The molecule has 4 heterocycles. The van der Waals surface area contributed by atoms with Crippen molar-refractivity contribution in [3.8, 4) is 11.5 Å². The van der Waals surface area contributed by atoms with E-state index in [0.717, 1.165) is 16.2 Å². The molecule has 3 aromatic heterocycles. The Balaban J connectivity index is 1.79. The van der Waals surface area contributed by atoms with Crippen molar-refractivity contribution in [3.05, 3.63) is 75.7 Å². The number of anilines is 1. The van der Waals surface area contributed by atoms with Crippen LogP contribution in [0.15, 0.2) is 48.2 Å². The highest BCUT2D eigenvalue weighted by atomic mass is 32.1. The Labute approximate surface area is 220 Å². The van der Waals surface area contributed by atoms with Crippen molar-refractivity contribution in [1.82, 2.24) is 14.4 Å². The predicted molar refractivity (Wildman–Crippen MR) is 138 cm³/mol. The van der Waals surface area contributed by atoms with E-state index in [-0.39, 0.29) is 32.8 Å². The lowest BCUT2D eigenvalue weighted by Gasteiger charge is -2.23. The van der Waals surface area contributed by atoms with E-state index in [2.05, 4.69) is 9.97 Å². The number of carbonyl (C=O) groups is 3. The summed E-state index contributed by atoms with van der Waals surface area (Å²) in [4.78, 5) is 49.4. The van der Waals surface area contributed by atoms with E-state index in [4.69, 9.17) is 9.47 Å². The lowest BCUT2D eigenvalue weighted by Crippen LogP contribution is -2.29. The molecule has 38 heavy (non-hydrogen) atoms. The normalized spacial score (nSPS) is 16.8. The Hall–Kier alpha value is -4.71. The lowest BCUT2D eigenvalue weighted by atomic mass is 9.96. The summed E-state index contributed by atoms with van der Waals surface area (Å²) in [7, 11) is 2.60. The predicted octanol–water partition coefficient (Wildman–Crippen LogP) is 3.53. The highest BCUT2D eigenvalue weighted by Crippen LogP contribution is 2.45. The van der Waals surface area contributed by atoms with E-state index in [9.17, 15) is 24.6 Å². The molecular formula is C26H22N4O7S. The van der Waals surface area contributed by atoms with Gasteiger partial charge in [-0.1, -0.05) is 23.5 Å². The van der Waals surface area contributed by atoms with Gasteiger partial charge in [0, 0.05) is 6.20 Å². The van der Waals surface area contributed by atoms with Crippen LogP contribution in [0.4, 0.5) is 5.13 Å². The number of Topliss-reactive ketones (excluding diaryl/α,β-unsaturated/α-hetero) is 1. The summed E-state index contributed by atoms with van der Waals surface area (Å²) in [5.74, 6) is -3.00. The van der Waals surface area contributed by atoms with E-state index in [0.29, 0.717) is 22.6 Å². The number of methoxy groups -OCH3 is 2. The molecule has 1 aliphatic heterocycles. The van der Waals surface area contributed by atoms with E-state index in [1.54, 1.807) is 42.6 Å². The van der Waals surface area contributed by atoms with Crippen molar-refractivity contribution < 1.29 is 34.1 Å². The Kier molecular flexibility index (Phi) is 6.11. The number of fused-ring (bicyclic) bond motifs is 1. The maximum atomic E-state index is 13.5. The number of ketones is 1. The van der Waals surface area contributed by atoms with Crippen LogP contribution in [-0.4, -0.2) is 56.5 Å². The smallest absolute Gasteiger partial charge is 0.350 e. The van der Waals surface area contributed by atoms with Crippen LogP contribution in [0, 0.1) is 13.8 Å². The summed E-state index contributed by atoms with van der Waals surface area (Å²) in [6.07, 6.45) is 1.69. The molecule has 1 unspecified atom stereocenters. The van der Waals surface area contributed by atoms with Crippen LogP contribution < -0.4 is 9.64 Å². The molecular weight excluding hydrogens is 512 g/mol. The number of imidazole rings is 1. The number of phenols is 1. The number of aliphatic hydroxyl groups excluding tert-OH is 1. The fourth-order valence-corrected chi connectivity index (χ4v) is 5.52. The number of aromatic hydroxyl groups is 1. The topological polar surface area (TPSA) is 144 Å². The number of rotatable bonds is 5. The zero-order valence-corrected chi connectivity index (χ0v) is 21.6. The van der Waals surface area contributed by atoms with Crippen molar-refractivity contribution in [1.29, 1.82) is 0 Å². The molecule has 5 rings (SSSR count). The van der Waals surface area contributed by atoms with Crippen LogP contribution in [0.25, 0.3) is 11.4 Å². The van der Waals surface area contributed by atoms with Gasteiger partial charge in [-0.2, -0.15) is 0 Å². The van der Waals surface area contributed by atoms with Gasteiger partial charge in [-0.05, 0) is 43.7 Å². The van der Waals surface area contributed by atoms with Gasteiger partial charge >= 0.3 is 11.9 Å². The zero-order valence-electron chi connectivity index (χ0n) is 20.8. The number of pyridine rings is 1. The standard InChI is InChI=1S/C26H22N4O7S/c1-12-19(29-10-6-5-7-17(29)27-12)21(32)18-20(14-8-9-15(31)16(11-14)36-3)30(24(34)22(18)33)26-28-13(2)23(38-26)25(35)37-4/h5-11,20,31-32H,1-4H3/b21-18+. The molecule has 0 radical (unpaired) electrons. The molecule has 2 N–H and O–H groups in total. The Morgan fingerprint density at radius 3 is 2.55 bits per heavy atom. The third kappa shape index (κ3) is 3.77. The molecule has 0 bridgehead atoms. The number of esters is 1. The number of ether oxygens (including phenoxy) is 2. The second-order valence-corrected chi connectivity index (χ2v) is 9.46. The van der Waals surface area contributed by atoms with Gasteiger partial charge in [-0.15, -0.1) is 0 Å². The lowest BCUT2D eigenvalue weighted by molar-refractivity contribution is -0.132. The Bertz CT molecular complexity index is 1670. The summed E-state index contributed by atoms with van der Waals surface area (Å²) in [5, 5.41) is 21.8. The van der Waals surface area contributed by atoms with Crippen LogP contribution in [0.3, 0.4) is 0 Å². The molecule has 1 atom stereocenters. The SMILES string of the molecule is COC(=O)c1sc(N2C(=O)C(=O)/C(=C(/O)c3c(C)nc4ccccn34)C2c2ccc(O)c(OC)c2)nc1C. The Morgan fingerprint density at radius 1 is 1.08 bits per heavy atom. The molecule has 4 aromatic rings. The fourth-order valence-electron chi connectivity index (χ4n) is 4.50. The number of amides is 1. The highest BCUT2D eigenvalue weighted by Gasteiger charge is 2.49. The Morgan fingerprint density at radius 2 is 1.84 bits per heavy atom. The van der Waals surface area contributed by atoms with Gasteiger partial charge in [0.15, 0.2) is 22.4 Å². The number of aryl methyl sites for hydroxylation is 2. The average Bonchev–Trinajstić information content (AvgIpc) is 3.54. The number of hydrogen-bond acceptors (Lipinski definition) is 10. The number of nitrogens with zero attached hydrogens (tertiary/aromatic N) is 4. The number of aliphatic hydroxyl groups is 1. The van der Waals surface area contributed by atoms with Crippen LogP contribution in [0.2, 0.25) is 0 Å². The van der Waals surface area contributed by atoms with Gasteiger partial charge in [0.25, 0.3) is 5.78 Å². The largest absolute Gasteiger partial charge is 0.505 e. The summed E-state index contributed by atoms with van der Waals surface area (Å²) in [6, 6.07) is 8.47. The molecule has 11 nitrogen and oxygen atoms in total. The van der Waals surface area contributed by atoms with E-state index < -0.39 is 29.5 Å². The maximum Gasteiger partial charge on any atom is 0.350 e. The van der Waals surface area contributed by atoms with Crippen molar-refractivity contribution in [2.24, 2.45) is 0 Å². The third-order valence-corrected chi connectivity index (χ3v) is 7.39. The second kappa shape index (κ2) is 9.30. The molecule has 1 saturated heterocycles. The van der Waals surface area contributed by atoms with Crippen molar-refractivity contribution in [2.75, 3.05) is 19.1 Å². The zero-order chi connectivity index (χ0) is 27.3. The fraction of sp³-hybridized carbons (Fsp3) is 0.192. The first-order valence-corrected chi connectivity index (χ1v) is 12.2. The summed E-state index contributed by atoms with van der Waals surface area (Å²) in [6.45, 7) is 3.27. The third-order valence-electron chi connectivity index (χ3n) is 6.25. The monoisotopic (exact) mass is 534 g/mol. The van der Waals surface area contributed by atoms with Gasteiger partial charge in [0.1, 0.15) is 16.2 Å². The van der Waals surface area contributed by atoms with Gasteiger partial charge in [-0.25, -0.2) is 14.8 Å². The first-order chi connectivity index (χ1) is 18.2. The molecule has 1 aromatic carbocycles. The molecule has 0 saturated carbocycles. The van der Waals surface area contributed by atoms with Gasteiger partial charge in [0.2, 0.25) is 0 Å². The van der Waals surface area contributed by atoms with Gasteiger partial charge < -0.3 is 19.7 Å². The molecule has 0 spiro atoms. The van der Waals surface area contributed by atoms with E-state index in [1.807, 2.05) is 0 Å². The summed E-state index contributed by atoms with van der Waals surface area (Å²) in [5.41, 5.74) is 1.71. The van der Waals surface area contributed by atoms with Crippen LogP contribution in [0.5, 0.6) is 11.5 Å². The molecule has 12 heteroatoms. The van der Waals surface area contributed by atoms with E-state index >= 15 is 0 Å². The first-order valence-electron chi connectivity index (χ1n) is 11.4. The van der Waals surface area contributed by atoms with E-state index in [1.165, 1.54) is 32.4 Å². The summed E-state index contributed by atoms with van der Waals surface area (Å²) >= 11 is 0.889. The maximum absolute atomic E-state index is 13.5. The summed E-state index contributed by atoms with van der Waals surface area (Å²) < 4.78 is 11.7. The van der Waals surface area contributed by atoms with Gasteiger partial charge in [-0.3, -0.25) is 18.9 Å². The van der Waals surface area contributed by atoms with Crippen molar-refractivity contribution >= 4 is 45.5 Å². The van der Waals surface area contributed by atoms with Crippen LogP contribution >= 0.6 is 11.3 Å². The minimum absolute atomic E-state index is 0.0657. The average molecular weight is 535 g/mol. The number of thiazole rings is 1. The van der Waals surface area contributed by atoms with Crippen molar-refractivity contribution in [3.63, 3.8) is 0 Å². The molecule has 1 amide bonds. The number of aromatic nitrogens is 3. The van der Waals surface area contributed by atoms with Crippen molar-refractivity contribution in [2.45, 2.75) is 19.9 Å². The minimum Gasteiger partial charge on any atom is -0.505 e. The van der Waals surface area contributed by atoms with Crippen LogP contribution in [-0.2, 0) is 14.3 Å². The highest BCUT2D eigenvalue weighted by molar-refractivity contribution is 7.17. The quantitative estimate of drug-likeness (QED) is 0.170. The molecule has 1 aliphatic rings. The van der Waals surface area contributed by atoms with Gasteiger partial charge in [0.05, 0.1) is 37.2 Å².